The molecule has 2 heterocycles. The van der Waals surface area contributed by atoms with E-state index in [1.807, 2.05) is 6.07 Å². The third kappa shape index (κ3) is 5.09. The predicted molar refractivity (Wildman–Crippen MR) is 136 cm³/mol. The number of anilines is 3. The normalized spacial score (nSPS) is 21.3. The number of benzene rings is 2. The van der Waals surface area contributed by atoms with Gasteiger partial charge in [0.2, 0.25) is 5.91 Å². The Balaban J connectivity index is 1.39. The lowest BCUT2D eigenvalue weighted by Crippen LogP contribution is -2.19. The lowest BCUT2D eigenvalue weighted by atomic mass is 10.1. The number of hydrogen-bond acceptors (Lipinski definition) is 6. The SMILES string of the molecule is C/C=C/C(=O)Nc1cc2c(Nc3ccc(F)c(Cl)c3)ncnc2cc1OCC[C@@H]1[C@H]2CN(C)C[C@@H]12. The van der Waals surface area contributed by atoms with Crippen LogP contribution in [0.5, 0.6) is 5.75 Å². The molecule has 0 spiro atoms. The van der Waals surface area contributed by atoms with Gasteiger partial charge in [-0.2, -0.15) is 0 Å². The zero-order valence-corrected chi connectivity index (χ0v) is 20.3. The first-order valence-electron chi connectivity index (χ1n) is 11.7. The van der Waals surface area contributed by atoms with Crippen LogP contribution in [0.3, 0.4) is 0 Å². The first-order chi connectivity index (χ1) is 16.9. The summed E-state index contributed by atoms with van der Waals surface area (Å²) in [5.74, 6) is 2.60. The minimum atomic E-state index is -0.498. The Hall–Kier alpha value is -3.23. The van der Waals surface area contributed by atoms with Crippen LogP contribution in [0.25, 0.3) is 10.9 Å². The maximum absolute atomic E-state index is 13.6. The Morgan fingerprint density at radius 3 is 2.80 bits per heavy atom. The van der Waals surface area contributed by atoms with Crippen LogP contribution < -0.4 is 15.4 Å². The molecule has 0 bridgehead atoms. The highest BCUT2D eigenvalue weighted by Crippen LogP contribution is 2.53. The molecule has 0 radical (unpaired) electrons. The number of amides is 1. The Bertz CT molecular complexity index is 1290. The Labute approximate surface area is 208 Å². The summed E-state index contributed by atoms with van der Waals surface area (Å²) in [5, 5.41) is 6.74. The fourth-order valence-corrected chi connectivity index (χ4v) is 5.21. The van der Waals surface area contributed by atoms with Crippen molar-refractivity contribution in [1.82, 2.24) is 14.9 Å². The molecule has 9 heteroatoms. The van der Waals surface area contributed by atoms with Crippen molar-refractivity contribution in [2.45, 2.75) is 13.3 Å². The van der Waals surface area contributed by atoms with Crippen LogP contribution in [0.2, 0.25) is 5.02 Å². The van der Waals surface area contributed by atoms with Crippen molar-refractivity contribution in [1.29, 1.82) is 0 Å². The van der Waals surface area contributed by atoms with Gasteiger partial charge in [0.1, 0.15) is 23.7 Å². The van der Waals surface area contributed by atoms with E-state index in [9.17, 15) is 9.18 Å². The molecule has 0 unspecified atom stereocenters. The minimum absolute atomic E-state index is 0.00907. The second-order valence-electron chi connectivity index (χ2n) is 9.18. The summed E-state index contributed by atoms with van der Waals surface area (Å²) in [4.78, 5) is 23.5. The number of nitrogens with one attached hydrogen (secondary N) is 2. The van der Waals surface area contributed by atoms with E-state index < -0.39 is 5.82 Å². The lowest BCUT2D eigenvalue weighted by Gasteiger charge is -2.16. The summed E-state index contributed by atoms with van der Waals surface area (Å²) in [6.07, 6.45) is 5.57. The van der Waals surface area contributed by atoms with E-state index in [0.717, 1.165) is 18.3 Å². The molecule has 2 aliphatic rings. The van der Waals surface area contributed by atoms with Gasteiger partial charge in [0.25, 0.3) is 0 Å². The van der Waals surface area contributed by atoms with Crippen LogP contribution >= 0.6 is 11.6 Å². The highest BCUT2D eigenvalue weighted by molar-refractivity contribution is 6.31. The van der Waals surface area contributed by atoms with Crippen LogP contribution in [-0.2, 0) is 4.79 Å². The molecule has 2 fully saturated rings. The third-order valence-corrected chi connectivity index (χ3v) is 7.05. The second-order valence-corrected chi connectivity index (χ2v) is 9.59. The van der Waals surface area contributed by atoms with E-state index in [1.54, 1.807) is 25.1 Å². The van der Waals surface area contributed by atoms with Gasteiger partial charge in [0.15, 0.2) is 0 Å². The Morgan fingerprint density at radius 1 is 1.26 bits per heavy atom. The molecule has 3 aromatic rings. The van der Waals surface area contributed by atoms with Gasteiger partial charge < -0.3 is 20.3 Å². The summed E-state index contributed by atoms with van der Waals surface area (Å²) in [5.41, 5.74) is 1.77. The van der Waals surface area contributed by atoms with Crippen LogP contribution in [0.1, 0.15) is 13.3 Å². The Kier molecular flexibility index (Phi) is 6.58. The van der Waals surface area contributed by atoms with Gasteiger partial charge in [-0.15, -0.1) is 0 Å². The summed E-state index contributed by atoms with van der Waals surface area (Å²) < 4.78 is 19.7. The van der Waals surface area contributed by atoms with Gasteiger partial charge in [0, 0.05) is 30.2 Å². The maximum Gasteiger partial charge on any atom is 0.248 e. The van der Waals surface area contributed by atoms with E-state index in [1.165, 1.54) is 37.6 Å². The molecule has 5 rings (SSSR count). The molecule has 3 atom stereocenters. The van der Waals surface area contributed by atoms with Gasteiger partial charge in [-0.25, -0.2) is 14.4 Å². The van der Waals surface area contributed by atoms with Crippen molar-refractivity contribution in [3.63, 3.8) is 0 Å². The molecular weight excluding hydrogens is 469 g/mol. The van der Waals surface area contributed by atoms with Gasteiger partial charge in [-0.1, -0.05) is 17.7 Å². The highest BCUT2D eigenvalue weighted by atomic mass is 35.5. The molecule has 1 saturated heterocycles. The van der Waals surface area contributed by atoms with Gasteiger partial charge >= 0.3 is 0 Å². The first kappa shape index (κ1) is 23.5. The maximum atomic E-state index is 13.6. The van der Waals surface area contributed by atoms with Crippen LogP contribution in [0.4, 0.5) is 21.6 Å². The lowest BCUT2D eigenvalue weighted by molar-refractivity contribution is -0.111. The summed E-state index contributed by atoms with van der Waals surface area (Å²) in [7, 11) is 2.17. The molecule has 1 saturated carbocycles. The summed E-state index contributed by atoms with van der Waals surface area (Å²) >= 11 is 5.92. The number of likely N-dealkylation sites (tertiary alicyclic amines) is 1. The van der Waals surface area contributed by atoms with Crippen LogP contribution in [-0.4, -0.2) is 47.5 Å². The van der Waals surface area contributed by atoms with Crippen LogP contribution in [0, 0.1) is 23.6 Å². The topological polar surface area (TPSA) is 79.4 Å². The number of fused-ring (bicyclic) bond motifs is 2. The summed E-state index contributed by atoms with van der Waals surface area (Å²) in [6.45, 7) is 4.69. The zero-order chi connectivity index (χ0) is 24.5. The molecule has 182 valence electrons. The average Bonchev–Trinajstić information content (AvgIpc) is 3.28. The van der Waals surface area contributed by atoms with Gasteiger partial charge in [-0.3, -0.25) is 4.79 Å². The number of ether oxygens (including phenoxy) is 1. The predicted octanol–water partition coefficient (Wildman–Crippen LogP) is 5.26. The summed E-state index contributed by atoms with van der Waals surface area (Å²) in [6, 6.07) is 7.95. The molecule has 2 N–H and O–H groups in total. The minimum Gasteiger partial charge on any atom is -0.491 e. The van der Waals surface area contributed by atoms with Crippen molar-refractivity contribution in [2.75, 3.05) is 37.4 Å². The number of carbonyl (C=O) groups excluding carboxylic acids is 1. The van der Waals surface area contributed by atoms with E-state index in [0.29, 0.717) is 46.4 Å². The molecule has 1 aromatic heterocycles. The number of allylic oxidation sites excluding steroid dienone is 1. The van der Waals surface area contributed by atoms with Gasteiger partial charge in [-0.05, 0) is 68.5 Å². The molecule has 1 aliphatic carbocycles. The van der Waals surface area contributed by atoms with E-state index in [2.05, 4.69) is 32.5 Å². The number of aromatic nitrogens is 2. The quantitative estimate of drug-likeness (QED) is 0.415. The number of nitrogens with zero attached hydrogens (tertiary/aromatic N) is 3. The molecule has 7 nitrogen and oxygen atoms in total. The van der Waals surface area contributed by atoms with Crippen molar-refractivity contribution < 1.29 is 13.9 Å². The van der Waals surface area contributed by atoms with Crippen molar-refractivity contribution >= 4 is 45.6 Å². The second kappa shape index (κ2) is 9.79. The van der Waals surface area contributed by atoms with E-state index >= 15 is 0 Å². The van der Waals surface area contributed by atoms with E-state index in [4.69, 9.17) is 16.3 Å². The number of rotatable bonds is 8. The fraction of sp³-hybridized carbons (Fsp3) is 0.346. The highest BCUT2D eigenvalue weighted by Gasteiger charge is 2.53. The smallest absolute Gasteiger partial charge is 0.248 e. The molecule has 1 amide bonds. The average molecular weight is 496 g/mol. The van der Waals surface area contributed by atoms with E-state index in [-0.39, 0.29) is 10.9 Å². The number of carbonyl (C=O) groups is 1. The molecule has 1 aliphatic heterocycles. The number of hydrogen-bond donors (Lipinski definition) is 2. The molecule has 35 heavy (non-hydrogen) atoms. The third-order valence-electron chi connectivity index (χ3n) is 6.76. The Morgan fingerprint density at radius 2 is 2.06 bits per heavy atom. The van der Waals surface area contributed by atoms with Crippen molar-refractivity contribution in [3.05, 3.63) is 59.7 Å². The first-order valence-corrected chi connectivity index (χ1v) is 12.1. The number of halogens is 2. The standard InChI is InChI=1S/C26H27ClFN5O2/c1-3-4-25(34)32-23-10-17-22(11-24(23)35-8-7-16-18-12-33(2)13-19(16)18)29-14-30-26(17)31-15-5-6-21(28)20(27)9-15/h3-6,9-11,14,16,18-19H,7-8,12-13H2,1-2H3,(H,32,34)(H,29,30,31)/b4-3+/t16-,18-,19+. The van der Waals surface area contributed by atoms with Gasteiger partial charge in [0.05, 0.1) is 22.8 Å². The molecular formula is C26H27ClFN5O2. The van der Waals surface area contributed by atoms with Crippen molar-refractivity contribution in [2.24, 2.45) is 17.8 Å². The zero-order valence-electron chi connectivity index (χ0n) is 19.6. The molecule has 2 aromatic carbocycles. The largest absolute Gasteiger partial charge is 0.491 e. The number of piperidine rings is 1. The van der Waals surface area contributed by atoms with Crippen molar-refractivity contribution in [3.8, 4) is 5.75 Å². The van der Waals surface area contributed by atoms with Crippen LogP contribution in [0.15, 0.2) is 48.8 Å². The monoisotopic (exact) mass is 495 g/mol. The fourth-order valence-electron chi connectivity index (χ4n) is 5.03.